The third-order valence-corrected chi connectivity index (χ3v) is 3.52. The van der Waals surface area contributed by atoms with Crippen LogP contribution in [0.1, 0.15) is 15.9 Å². The topological polar surface area (TPSA) is 44.8 Å². The van der Waals surface area contributed by atoms with Crippen LogP contribution >= 0.6 is 0 Å². The number of methoxy groups -OCH3 is 2. The molecule has 4 nitrogen and oxygen atoms in total. The first kappa shape index (κ1) is 14.2. The second kappa shape index (κ2) is 5.93. The molecule has 0 radical (unpaired) electrons. The van der Waals surface area contributed by atoms with E-state index in [2.05, 4.69) is 0 Å². The minimum Gasteiger partial charge on any atom is -0.497 e. The number of ketones is 1. The molecular weight excluding hydrogens is 280 g/mol. The van der Waals surface area contributed by atoms with Crippen LogP contribution in [0.4, 0.5) is 0 Å². The molecule has 0 atom stereocenters. The molecule has 1 aliphatic rings. The zero-order chi connectivity index (χ0) is 15.5. The lowest BCUT2D eigenvalue weighted by Crippen LogP contribution is -2.18. The fourth-order valence-electron chi connectivity index (χ4n) is 2.40. The van der Waals surface area contributed by atoms with Crippen molar-refractivity contribution in [2.45, 2.75) is 0 Å². The summed E-state index contributed by atoms with van der Waals surface area (Å²) in [5, 5.41) is 0. The maximum atomic E-state index is 12.5. The van der Waals surface area contributed by atoms with E-state index in [1.165, 1.54) is 0 Å². The summed E-state index contributed by atoms with van der Waals surface area (Å²) >= 11 is 0. The number of carbonyl (C=O) groups is 1. The third-order valence-electron chi connectivity index (χ3n) is 3.52. The number of hydrogen-bond donors (Lipinski definition) is 0. The summed E-state index contributed by atoms with van der Waals surface area (Å²) < 4.78 is 16.1. The van der Waals surface area contributed by atoms with Gasteiger partial charge in [-0.15, -0.1) is 0 Å². The van der Waals surface area contributed by atoms with Crippen LogP contribution in [0.5, 0.6) is 17.2 Å². The molecule has 22 heavy (non-hydrogen) atoms. The summed E-state index contributed by atoms with van der Waals surface area (Å²) in [6.07, 6.45) is 1.81. The van der Waals surface area contributed by atoms with Crippen molar-refractivity contribution in [2.24, 2.45) is 0 Å². The highest BCUT2D eigenvalue weighted by Gasteiger charge is 2.22. The predicted molar refractivity (Wildman–Crippen MR) is 83.8 cm³/mol. The van der Waals surface area contributed by atoms with Crippen LogP contribution in [0.25, 0.3) is 6.08 Å². The van der Waals surface area contributed by atoms with Crippen molar-refractivity contribution in [3.8, 4) is 17.2 Å². The normalized spacial score (nSPS) is 15.2. The van der Waals surface area contributed by atoms with Gasteiger partial charge in [0, 0.05) is 11.6 Å². The number of rotatable bonds is 3. The maximum absolute atomic E-state index is 12.5. The molecule has 2 aromatic carbocycles. The molecule has 3 rings (SSSR count). The molecule has 0 N–H and O–H groups in total. The zero-order valence-electron chi connectivity index (χ0n) is 12.5. The highest BCUT2D eigenvalue weighted by atomic mass is 16.5. The van der Waals surface area contributed by atoms with Gasteiger partial charge in [0.15, 0.2) is 5.78 Å². The van der Waals surface area contributed by atoms with Gasteiger partial charge in [-0.05, 0) is 35.9 Å². The van der Waals surface area contributed by atoms with E-state index in [0.29, 0.717) is 28.4 Å². The van der Waals surface area contributed by atoms with Crippen molar-refractivity contribution in [3.05, 3.63) is 59.2 Å². The van der Waals surface area contributed by atoms with E-state index in [1.807, 2.05) is 30.3 Å². The predicted octanol–water partition coefficient (Wildman–Crippen LogP) is 3.36. The molecule has 112 valence electrons. The van der Waals surface area contributed by atoms with E-state index < -0.39 is 0 Å². The molecule has 0 saturated heterocycles. The molecule has 4 heteroatoms. The molecule has 0 unspecified atom stereocenters. The number of ether oxygens (including phenoxy) is 3. The Kier molecular flexibility index (Phi) is 3.83. The number of para-hydroxylation sites is 1. The first-order valence-electron chi connectivity index (χ1n) is 6.91. The SMILES string of the molecule is COc1cc(/C=C2\COc3ccccc3C2=O)cc(OC)c1. The molecule has 0 spiro atoms. The number of hydrogen-bond acceptors (Lipinski definition) is 4. The van der Waals surface area contributed by atoms with Crippen LogP contribution in [-0.4, -0.2) is 26.6 Å². The smallest absolute Gasteiger partial charge is 0.196 e. The minimum absolute atomic E-state index is 0.0105. The van der Waals surface area contributed by atoms with Gasteiger partial charge in [-0.1, -0.05) is 12.1 Å². The van der Waals surface area contributed by atoms with Crippen LogP contribution < -0.4 is 14.2 Å². The molecular formula is C18H16O4. The zero-order valence-corrected chi connectivity index (χ0v) is 12.5. The molecule has 0 saturated carbocycles. The van der Waals surface area contributed by atoms with E-state index in [-0.39, 0.29) is 12.4 Å². The standard InChI is InChI=1S/C18H16O4/c1-20-14-8-12(9-15(10-14)21-2)7-13-11-22-17-6-4-3-5-16(17)18(13)19/h3-10H,11H2,1-2H3/b13-7+. The monoisotopic (exact) mass is 296 g/mol. The van der Waals surface area contributed by atoms with Crippen LogP contribution in [0.3, 0.4) is 0 Å². The summed E-state index contributed by atoms with van der Waals surface area (Å²) in [7, 11) is 3.19. The van der Waals surface area contributed by atoms with Crippen LogP contribution in [-0.2, 0) is 0 Å². The summed E-state index contributed by atoms with van der Waals surface area (Å²) in [5.41, 5.74) is 2.03. The fourth-order valence-corrected chi connectivity index (χ4v) is 2.40. The van der Waals surface area contributed by atoms with E-state index in [0.717, 1.165) is 5.56 Å². The Morgan fingerprint density at radius 3 is 2.41 bits per heavy atom. The molecule has 2 aromatic rings. The minimum atomic E-state index is -0.0105. The molecule has 1 aliphatic heterocycles. The first-order valence-corrected chi connectivity index (χ1v) is 6.91. The molecule has 0 bridgehead atoms. The lowest BCUT2D eigenvalue weighted by molar-refractivity contribution is 0.100. The van der Waals surface area contributed by atoms with Gasteiger partial charge < -0.3 is 14.2 Å². The summed E-state index contributed by atoms with van der Waals surface area (Å²) in [6, 6.07) is 12.8. The Balaban J connectivity index is 1.98. The van der Waals surface area contributed by atoms with Crippen molar-refractivity contribution in [1.29, 1.82) is 0 Å². The second-order valence-corrected chi connectivity index (χ2v) is 4.93. The van der Waals surface area contributed by atoms with Crippen molar-refractivity contribution < 1.29 is 19.0 Å². The number of fused-ring (bicyclic) bond motifs is 1. The van der Waals surface area contributed by atoms with Gasteiger partial charge in [0.25, 0.3) is 0 Å². The Hall–Kier alpha value is -2.75. The van der Waals surface area contributed by atoms with Gasteiger partial charge in [-0.25, -0.2) is 0 Å². The van der Waals surface area contributed by atoms with E-state index in [1.54, 1.807) is 32.4 Å². The third kappa shape index (κ3) is 2.68. The Morgan fingerprint density at radius 2 is 1.73 bits per heavy atom. The average Bonchev–Trinajstić information content (AvgIpc) is 2.57. The van der Waals surface area contributed by atoms with Crippen molar-refractivity contribution in [1.82, 2.24) is 0 Å². The highest BCUT2D eigenvalue weighted by molar-refractivity contribution is 6.14. The van der Waals surface area contributed by atoms with Gasteiger partial charge in [-0.2, -0.15) is 0 Å². The van der Waals surface area contributed by atoms with Crippen molar-refractivity contribution in [3.63, 3.8) is 0 Å². The van der Waals surface area contributed by atoms with Crippen LogP contribution in [0, 0.1) is 0 Å². The Labute approximate surface area is 128 Å². The molecule has 0 fully saturated rings. The molecule has 1 heterocycles. The average molecular weight is 296 g/mol. The quantitative estimate of drug-likeness (QED) is 0.815. The fraction of sp³-hybridized carbons (Fsp3) is 0.167. The number of benzene rings is 2. The van der Waals surface area contributed by atoms with Gasteiger partial charge in [0.2, 0.25) is 0 Å². The summed E-state index contributed by atoms with van der Waals surface area (Å²) in [5.74, 6) is 1.98. The van der Waals surface area contributed by atoms with Gasteiger partial charge >= 0.3 is 0 Å². The Morgan fingerprint density at radius 1 is 1.05 bits per heavy atom. The largest absolute Gasteiger partial charge is 0.497 e. The van der Waals surface area contributed by atoms with Crippen molar-refractivity contribution >= 4 is 11.9 Å². The maximum Gasteiger partial charge on any atom is 0.196 e. The lowest BCUT2D eigenvalue weighted by Gasteiger charge is -2.18. The molecule has 0 amide bonds. The van der Waals surface area contributed by atoms with E-state index in [4.69, 9.17) is 14.2 Å². The van der Waals surface area contributed by atoms with Crippen molar-refractivity contribution in [2.75, 3.05) is 20.8 Å². The molecule has 0 aliphatic carbocycles. The Bertz CT molecular complexity index is 724. The van der Waals surface area contributed by atoms with E-state index >= 15 is 0 Å². The van der Waals surface area contributed by atoms with E-state index in [9.17, 15) is 4.79 Å². The summed E-state index contributed by atoms with van der Waals surface area (Å²) in [6.45, 7) is 0.259. The van der Waals surface area contributed by atoms with Crippen LogP contribution in [0.2, 0.25) is 0 Å². The lowest BCUT2D eigenvalue weighted by atomic mass is 9.98. The molecule has 0 aromatic heterocycles. The van der Waals surface area contributed by atoms with Gasteiger partial charge in [0.05, 0.1) is 19.8 Å². The van der Waals surface area contributed by atoms with Gasteiger partial charge in [-0.3, -0.25) is 4.79 Å². The number of Topliss-reactive ketones (excluding diaryl/α,β-unsaturated/α-hetero) is 1. The number of carbonyl (C=O) groups excluding carboxylic acids is 1. The highest BCUT2D eigenvalue weighted by Crippen LogP contribution is 2.29. The van der Waals surface area contributed by atoms with Crippen LogP contribution in [0.15, 0.2) is 48.0 Å². The summed E-state index contributed by atoms with van der Waals surface area (Å²) in [4.78, 5) is 12.5. The van der Waals surface area contributed by atoms with Gasteiger partial charge in [0.1, 0.15) is 23.9 Å². The first-order chi connectivity index (χ1) is 10.7. The second-order valence-electron chi connectivity index (χ2n) is 4.93.